The Labute approximate surface area is 230 Å². The van der Waals surface area contributed by atoms with E-state index < -0.39 is 42.3 Å². The molecule has 0 aliphatic rings. The summed E-state index contributed by atoms with van der Waals surface area (Å²) in [5.41, 5.74) is 6.46. The van der Waals surface area contributed by atoms with Gasteiger partial charge in [-0.3, -0.25) is 9.59 Å². The number of carbonyl (C=O) groups excluding carboxylic acids is 3. The lowest BCUT2D eigenvalue weighted by molar-refractivity contribution is -0.151. The van der Waals surface area contributed by atoms with Gasteiger partial charge in [0.2, 0.25) is 0 Å². The van der Waals surface area contributed by atoms with Crippen molar-refractivity contribution in [3.63, 3.8) is 0 Å². The first-order valence-electron chi connectivity index (χ1n) is 13.6. The number of hydrogen-bond donors (Lipinski definition) is 2. The SMILES string of the molecule is CCCCOC(=O)Oc1ccc(C(C(C)C(C)OC(=O)CCCC)[C@H](N)C(=O)O)cc1OC(=O)OCCCC. The van der Waals surface area contributed by atoms with E-state index in [0.717, 1.165) is 19.3 Å². The van der Waals surface area contributed by atoms with Crippen LogP contribution < -0.4 is 15.2 Å². The van der Waals surface area contributed by atoms with Crippen LogP contribution in [-0.4, -0.2) is 54.7 Å². The van der Waals surface area contributed by atoms with Crippen molar-refractivity contribution >= 4 is 24.2 Å². The average molecular weight is 554 g/mol. The van der Waals surface area contributed by atoms with E-state index in [9.17, 15) is 24.3 Å². The fourth-order valence-corrected chi connectivity index (χ4v) is 3.71. The number of carboxylic acids is 1. The predicted octanol–water partition coefficient (Wildman–Crippen LogP) is 5.57. The van der Waals surface area contributed by atoms with E-state index in [0.29, 0.717) is 24.8 Å². The number of esters is 1. The number of rotatable bonds is 17. The molecule has 0 aliphatic heterocycles. The first-order chi connectivity index (χ1) is 18.5. The fraction of sp³-hybridized carbons (Fsp3) is 0.643. The summed E-state index contributed by atoms with van der Waals surface area (Å²) in [5, 5.41) is 9.73. The van der Waals surface area contributed by atoms with Crippen molar-refractivity contribution in [2.24, 2.45) is 11.7 Å². The summed E-state index contributed by atoms with van der Waals surface area (Å²) in [6.07, 6.45) is 1.98. The zero-order valence-electron chi connectivity index (χ0n) is 23.6. The monoisotopic (exact) mass is 553 g/mol. The highest BCUT2D eigenvalue weighted by Crippen LogP contribution is 2.37. The molecular formula is C28H43NO10. The first kappa shape index (κ1) is 33.7. The molecule has 0 saturated carbocycles. The summed E-state index contributed by atoms with van der Waals surface area (Å²) >= 11 is 0. The van der Waals surface area contributed by atoms with E-state index >= 15 is 0 Å². The largest absolute Gasteiger partial charge is 0.513 e. The lowest BCUT2D eigenvalue weighted by atomic mass is 9.79. The Balaban J connectivity index is 3.34. The molecule has 0 bridgehead atoms. The Hall–Kier alpha value is -3.34. The number of benzene rings is 1. The van der Waals surface area contributed by atoms with Gasteiger partial charge in [-0.1, -0.05) is 53.0 Å². The van der Waals surface area contributed by atoms with Gasteiger partial charge in [-0.05, 0) is 43.9 Å². The molecule has 0 radical (unpaired) electrons. The maximum Gasteiger partial charge on any atom is 0.513 e. The molecule has 39 heavy (non-hydrogen) atoms. The molecule has 1 aromatic carbocycles. The second-order valence-corrected chi connectivity index (χ2v) is 9.36. The highest BCUT2D eigenvalue weighted by molar-refractivity contribution is 5.75. The third-order valence-corrected chi connectivity index (χ3v) is 6.21. The van der Waals surface area contributed by atoms with Crippen molar-refractivity contribution in [1.29, 1.82) is 0 Å². The van der Waals surface area contributed by atoms with Crippen LogP contribution in [0, 0.1) is 5.92 Å². The van der Waals surface area contributed by atoms with Gasteiger partial charge in [0.25, 0.3) is 0 Å². The molecule has 1 rings (SSSR count). The summed E-state index contributed by atoms with van der Waals surface area (Å²) < 4.78 is 26.2. The van der Waals surface area contributed by atoms with E-state index in [-0.39, 0.29) is 37.1 Å². The van der Waals surface area contributed by atoms with E-state index in [1.807, 2.05) is 20.8 Å². The van der Waals surface area contributed by atoms with E-state index in [1.165, 1.54) is 18.2 Å². The Bertz CT molecular complexity index is 935. The number of unbranched alkanes of at least 4 members (excludes halogenated alkanes) is 3. The van der Waals surface area contributed by atoms with Gasteiger partial charge in [0.15, 0.2) is 11.5 Å². The fourth-order valence-electron chi connectivity index (χ4n) is 3.71. The quantitative estimate of drug-likeness (QED) is 0.107. The number of aliphatic carboxylic acids is 1. The van der Waals surface area contributed by atoms with Gasteiger partial charge < -0.3 is 34.5 Å². The minimum atomic E-state index is -1.38. The summed E-state index contributed by atoms with van der Waals surface area (Å²) in [6, 6.07) is 2.86. The molecule has 220 valence electrons. The van der Waals surface area contributed by atoms with Crippen molar-refractivity contribution in [2.75, 3.05) is 13.2 Å². The van der Waals surface area contributed by atoms with Crippen molar-refractivity contribution in [2.45, 2.75) is 97.6 Å². The zero-order valence-corrected chi connectivity index (χ0v) is 23.6. The van der Waals surface area contributed by atoms with E-state index in [1.54, 1.807) is 13.8 Å². The van der Waals surface area contributed by atoms with Gasteiger partial charge >= 0.3 is 24.2 Å². The van der Waals surface area contributed by atoms with Gasteiger partial charge in [-0.2, -0.15) is 0 Å². The topological polar surface area (TPSA) is 161 Å². The molecule has 0 spiro atoms. The second-order valence-electron chi connectivity index (χ2n) is 9.36. The molecular weight excluding hydrogens is 510 g/mol. The summed E-state index contributed by atoms with van der Waals surface area (Å²) in [4.78, 5) is 48.6. The molecule has 0 fully saturated rings. The Morgan fingerprint density at radius 3 is 1.90 bits per heavy atom. The molecule has 3 N–H and O–H groups in total. The highest BCUT2D eigenvalue weighted by atomic mass is 16.7. The number of nitrogens with two attached hydrogens (primary N) is 1. The zero-order chi connectivity index (χ0) is 29.4. The van der Waals surface area contributed by atoms with E-state index in [2.05, 4.69) is 0 Å². The van der Waals surface area contributed by atoms with Gasteiger partial charge in [0, 0.05) is 18.3 Å². The molecule has 0 aromatic heterocycles. The van der Waals surface area contributed by atoms with Gasteiger partial charge in [0.1, 0.15) is 12.1 Å². The Morgan fingerprint density at radius 2 is 1.38 bits per heavy atom. The normalized spacial score (nSPS) is 13.9. The van der Waals surface area contributed by atoms with Crippen molar-refractivity contribution in [1.82, 2.24) is 0 Å². The van der Waals surface area contributed by atoms with Crippen molar-refractivity contribution < 1.29 is 48.0 Å². The smallest absolute Gasteiger partial charge is 0.480 e. The van der Waals surface area contributed by atoms with Crippen LogP contribution in [0.1, 0.15) is 91.0 Å². The second kappa shape index (κ2) is 18.0. The highest BCUT2D eigenvalue weighted by Gasteiger charge is 2.36. The van der Waals surface area contributed by atoms with Gasteiger partial charge in [0.05, 0.1) is 13.2 Å². The lowest BCUT2D eigenvalue weighted by Crippen LogP contribution is -2.42. The van der Waals surface area contributed by atoms with Crippen LogP contribution in [0.2, 0.25) is 0 Å². The maximum absolute atomic E-state index is 12.3. The summed E-state index contributed by atoms with van der Waals surface area (Å²) in [6.45, 7) is 9.51. The van der Waals surface area contributed by atoms with Gasteiger partial charge in [-0.15, -0.1) is 0 Å². The Kier molecular flexibility index (Phi) is 15.6. The third kappa shape index (κ3) is 11.9. The van der Waals surface area contributed by atoms with Crippen molar-refractivity contribution in [3.05, 3.63) is 23.8 Å². The predicted molar refractivity (Wildman–Crippen MR) is 143 cm³/mol. The number of ether oxygens (including phenoxy) is 5. The standard InChI is InChI=1S/C28H43NO10/c1-6-9-12-23(30)37-19(5)18(4)24(25(29)26(31)32)20-13-14-21(38-27(33)35-15-10-7-2)22(17-20)39-28(34)36-16-11-8-3/h13-14,17-19,24-25H,6-12,15-16,29H2,1-5H3,(H,31,32)/t18?,19?,24?,25-/m0/s1. The molecule has 4 atom stereocenters. The summed E-state index contributed by atoms with van der Waals surface area (Å²) in [5.74, 6) is -3.36. The van der Waals surface area contributed by atoms with Gasteiger partial charge in [-0.25, -0.2) is 9.59 Å². The molecule has 1 aromatic rings. The number of carbonyl (C=O) groups is 4. The number of carboxylic acid groups (broad SMARTS) is 1. The molecule has 3 unspecified atom stereocenters. The molecule has 11 nitrogen and oxygen atoms in total. The van der Waals surface area contributed by atoms with Crippen LogP contribution in [0.3, 0.4) is 0 Å². The third-order valence-electron chi connectivity index (χ3n) is 6.21. The number of hydrogen-bond acceptors (Lipinski definition) is 10. The molecule has 0 heterocycles. The van der Waals surface area contributed by atoms with Crippen LogP contribution in [-0.2, 0) is 23.8 Å². The minimum absolute atomic E-state index is 0.123. The molecule has 0 amide bonds. The molecule has 0 saturated heterocycles. The van der Waals surface area contributed by atoms with Crippen LogP contribution in [0.5, 0.6) is 11.5 Å². The lowest BCUT2D eigenvalue weighted by Gasteiger charge is -2.31. The van der Waals surface area contributed by atoms with Crippen LogP contribution in [0.25, 0.3) is 0 Å². The minimum Gasteiger partial charge on any atom is -0.480 e. The summed E-state index contributed by atoms with van der Waals surface area (Å²) in [7, 11) is 0. The van der Waals surface area contributed by atoms with Crippen LogP contribution in [0.4, 0.5) is 9.59 Å². The van der Waals surface area contributed by atoms with Crippen LogP contribution in [0.15, 0.2) is 18.2 Å². The Morgan fingerprint density at radius 1 is 0.846 bits per heavy atom. The first-order valence-corrected chi connectivity index (χ1v) is 13.6. The van der Waals surface area contributed by atoms with E-state index in [4.69, 9.17) is 29.4 Å². The molecule has 11 heteroatoms. The maximum atomic E-state index is 12.3. The molecule has 0 aliphatic carbocycles. The van der Waals surface area contributed by atoms with Crippen molar-refractivity contribution in [3.8, 4) is 11.5 Å². The average Bonchev–Trinajstić information content (AvgIpc) is 2.89. The van der Waals surface area contributed by atoms with Crippen LogP contribution >= 0.6 is 0 Å².